The van der Waals surface area contributed by atoms with Crippen LogP contribution in [0.15, 0.2) is 67.1 Å². The van der Waals surface area contributed by atoms with Crippen molar-refractivity contribution >= 4 is 16.9 Å². The maximum atomic E-state index is 13.1. The summed E-state index contributed by atoms with van der Waals surface area (Å²) in [7, 11) is 0. The van der Waals surface area contributed by atoms with Crippen LogP contribution in [0.25, 0.3) is 22.3 Å². The van der Waals surface area contributed by atoms with Gasteiger partial charge >= 0.3 is 0 Å². The molecule has 1 N–H and O–H groups in total. The van der Waals surface area contributed by atoms with Gasteiger partial charge in [-0.25, -0.2) is 4.98 Å². The van der Waals surface area contributed by atoms with Crippen LogP contribution in [-0.2, 0) is 17.8 Å². The fourth-order valence-electron chi connectivity index (χ4n) is 5.60. The van der Waals surface area contributed by atoms with Crippen LogP contribution in [0, 0.1) is 5.92 Å². The van der Waals surface area contributed by atoms with Crippen molar-refractivity contribution in [2.24, 2.45) is 5.92 Å². The Labute approximate surface area is 180 Å². The molecule has 156 valence electrons. The highest BCUT2D eigenvalue weighted by molar-refractivity contribution is 5.80. The summed E-state index contributed by atoms with van der Waals surface area (Å²) in [6, 6.07) is 17.2. The van der Waals surface area contributed by atoms with Gasteiger partial charge in [-0.1, -0.05) is 30.3 Å². The van der Waals surface area contributed by atoms with Crippen molar-refractivity contribution in [1.82, 2.24) is 24.6 Å². The summed E-state index contributed by atoms with van der Waals surface area (Å²) >= 11 is 0. The molecule has 4 aromatic rings. The minimum atomic E-state index is 0.282. The third kappa shape index (κ3) is 3.23. The molecule has 6 heteroatoms. The number of hydrogen-bond donors (Lipinski definition) is 1. The highest BCUT2D eigenvalue weighted by atomic mass is 16.2. The molecule has 0 saturated carbocycles. The van der Waals surface area contributed by atoms with Gasteiger partial charge in [0, 0.05) is 36.6 Å². The zero-order valence-corrected chi connectivity index (χ0v) is 17.3. The van der Waals surface area contributed by atoms with Crippen molar-refractivity contribution in [2.45, 2.75) is 44.3 Å². The highest BCUT2D eigenvalue weighted by Gasteiger charge is 2.48. The largest absolute Gasteiger partial charge is 0.346 e. The first-order valence-corrected chi connectivity index (χ1v) is 11.1. The first-order valence-electron chi connectivity index (χ1n) is 11.1. The quantitative estimate of drug-likeness (QED) is 0.539. The van der Waals surface area contributed by atoms with Crippen LogP contribution in [0.1, 0.15) is 24.8 Å². The van der Waals surface area contributed by atoms with Gasteiger partial charge in [0.15, 0.2) is 0 Å². The highest BCUT2D eigenvalue weighted by Crippen LogP contribution is 2.43. The van der Waals surface area contributed by atoms with E-state index >= 15 is 0 Å². The zero-order valence-electron chi connectivity index (χ0n) is 17.3. The van der Waals surface area contributed by atoms with E-state index in [0.29, 0.717) is 24.4 Å². The van der Waals surface area contributed by atoms with E-state index in [2.05, 4.69) is 44.1 Å². The molecular weight excluding hydrogens is 386 g/mol. The molecule has 1 amide bonds. The van der Waals surface area contributed by atoms with Crippen LogP contribution in [0.3, 0.4) is 0 Å². The number of amides is 1. The van der Waals surface area contributed by atoms with Gasteiger partial charge in [-0.05, 0) is 48.9 Å². The molecule has 2 saturated heterocycles. The number of fused-ring (bicyclic) bond motifs is 3. The number of carbonyl (C=O) groups excluding carboxylic acids is 1. The van der Waals surface area contributed by atoms with E-state index in [1.54, 1.807) is 6.20 Å². The molecule has 3 unspecified atom stereocenters. The summed E-state index contributed by atoms with van der Waals surface area (Å²) in [5.41, 5.74) is 5.18. The molecule has 6 nitrogen and oxygen atoms in total. The smallest absolute Gasteiger partial charge is 0.227 e. The SMILES string of the molecule is O=C(Cc1ccccc1)N1C2CCC1C(Cn1ccc3nc(-c4cn[nH]c4)ccc31)C2. The third-order valence-corrected chi connectivity index (χ3v) is 7.00. The Hall–Kier alpha value is -3.41. The van der Waals surface area contributed by atoms with Crippen LogP contribution in [0.5, 0.6) is 0 Å². The molecule has 6 rings (SSSR count). The molecule has 2 aliphatic rings. The average molecular weight is 412 g/mol. The lowest BCUT2D eigenvalue weighted by molar-refractivity contribution is -0.131. The maximum absolute atomic E-state index is 13.1. The fourth-order valence-corrected chi connectivity index (χ4v) is 5.60. The van der Waals surface area contributed by atoms with Gasteiger partial charge in [-0.3, -0.25) is 9.89 Å². The fraction of sp³-hybridized carbons (Fsp3) is 0.320. The van der Waals surface area contributed by atoms with Gasteiger partial charge < -0.3 is 9.47 Å². The number of aromatic amines is 1. The lowest BCUT2D eigenvalue weighted by Gasteiger charge is -2.25. The second kappa shape index (κ2) is 7.38. The van der Waals surface area contributed by atoms with Crippen LogP contribution >= 0.6 is 0 Å². The Bertz CT molecular complexity index is 1210. The summed E-state index contributed by atoms with van der Waals surface area (Å²) < 4.78 is 2.31. The Kier molecular flexibility index (Phi) is 4.37. The van der Waals surface area contributed by atoms with Crippen molar-refractivity contribution < 1.29 is 4.79 Å². The number of aromatic nitrogens is 4. The summed E-state index contributed by atoms with van der Waals surface area (Å²) in [5.74, 6) is 0.785. The molecule has 5 heterocycles. The van der Waals surface area contributed by atoms with E-state index in [0.717, 1.165) is 53.7 Å². The van der Waals surface area contributed by atoms with Crippen molar-refractivity contribution in [3.8, 4) is 11.3 Å². The standard InChI is InChI=1S/C25H25N5O/c31-25(12-17-4-2-1-3-5-17)30-20-6-8-23(30)18(13-20)16-29-11-10-22-24(29)9-7-21(28-22)19-14-26-27-15-19/h1-5,7,9-11,14-15,18,20,23H,6,8,12-13,16H2,(H,26,27). The lowest BCUT2D eigenvalue weighted by Crippen LogP contribution is -2.38. The van der Waals surface area contributed by atoms with E-state index in [4.69, 9.17) is 4.98 Å². The molecule has 31 heavy (non-hydrogen) atoms. The monoisotopic (exact) mass is 411 g/mol. The Balaban J connectivity index is 1.20. The molecule has 2 aliphatic heterocycles. The zero-order chi connectivity index (χ0) is 20.8. The molecule has 0 spiro atoms. The predicted octanol–water partition coefficient (Wildman–Crippen LogP) is 4.05. The number of carbonyl (C=O) groups is 1. The minimum Gasteiger partial charge on any atom is -0.346 e. The minimum absolute atomic E-state index is 0.282. The molecule has 3 atom stereocenters. The molecule has 2 bridgehead atoms. The van der Waals surface area contributed by atoms with E-state index < -0.39 is 0 Å². The number of nitrogens with zero attached hydrogens (tertiary/aromatic N) is 4. The second-order valence-electron chi connectivity index (χ2n) is 8.81. The first kappa shape index (κ1) is 18.4. The summed E-state index contributed by atoms with van der Waals surface area (Å²) in [6.07, 6.45) is 9.67. The summed E-state index contributed by atoms with van der Waals surface area (Å²) in [6.45, 7) is 0.937. The maximum Gasteiger partial charge on any atom is 0.227 e. The molecule has 3 aromatic heterocycles. The molecule has 0 aliphatic carbocycles. The lowest BCUT2D eigenvalue weighted by atomic mass is 9.89. The number of hydrogen-bond acceptors (Lipinski definition) is 3. The third-order valence-electron chi connectivity index (χ3n) is 7.00. The Morgan fingerprint density at radius 3 is 2.84 bits per heavy atom. The van der Waals surface area contributed by atoms with Gasteiger partial charge in [0.1, 0.15) is 0 Å². The normalized spacial score (nSPS) is 22.5. The number of rotatable bonds is 5. The van der Waals surface area contributed by atoms with Gasteiger partial charge in [-0.15, -0.1) is 0 Å². The van der Waals surface area contributed by atoms with Gasteiger partial charge in [-0.2, -0.15) is 5.10 Å². The summed E-state index contributed by atoms with van der Waals surface area (Å²) in [5, 5.41) is 6.87. The first-order chi connectivity index (χ1) is 15.3. The van der Waals surface area contributed by atoms with E-state index in [9.17, 15) is 4.79 Å². The van der Waals surface area contributed by atoms with E-state index in [-0.39, 0.29) is 5.91 Å². The molecule has 1 aromatic carbocycles. The van der Waals surface area contributed by atoms with E-state index in [1.807, 2.05) is 36.5 Å². The van der Waals surface area contributed by atoms with Crippen molar-refractivity contribution in [3.63, 3.8) is 0 Å². The number of nitrogens with one attached hydrogen (secondary N) is 1. The van der Waals surface area contributed by atoms with Gasteiger partial charge in [0.05, 0.1) is 29.3 Å². The predicted molar refractivity (Wildman–Crippen MR) is 119 cm³/mol. The van der Waals surface area contributed by atoms with Crippen LogP contribution in [0.4, 0.5) is 0 Å². The number of H-pyrrole nitrogens is 1. The number of benzene rings is 1. The van der Waals surface area contributed by atoms with Crippen molar-refractivity contribution in [2.75, 3.05) is 0 Å². The average Bonchev–Trinajstić information content (AvgIpc) is 3.58. The van der Waals surface area contributed by atoms with Crippen LogP contribution < -0.4 is 0 Å². The topological polar surface area (TPSA) is 66.8 Å². The van der Waals surface area contributed by atoms with Gasteiger partial charge in [0.2, 0.25) is 5.91 Å². The van der Waals surface area contributed by atoms with Crippen LogP contribution in [0.2, 0.25) is 0 Å². The van der Waals surface area contributed by atoms with Crippen LogP contribution in [-0.4, -0.2) is 42.6 Å². The Morgan fingerprint density at radius 1 is 1.10 bits per heavy atom. The van der Waals surface area contributed by atoms with E-state index in [1.165, 1.54) is 0 Å². The number of pyridine rings is 1. The summed E-state index contributed by atoms with van der Waals surface area (Å²) in [4.78, 5) is 20.1. The second-order valence-corrected chi connectivity index (χ2v) is 8.81. The van der Waals surface area contributed by atoms with Crippen molar-refractivity contribution in [3.05, 3.63) is 72.7 Å². The van der Waals surface area contributed by atoms with Crippen molar-refractivity contribution in [1.29, 1.82) is 0 Å². The van der Waals surface area contributed by atoms with Gasteiger partial charge in [0.25, 0.3) is 0 Å². The Morgan fingerprint density at radius 2 is 2.00 bits per heavy atom. The molecular formula is C25H25N5O. The molecule has 2 fully saturated rings. The molecule has 0 radical (unpaired) electrons.